The average molecular weight is 324 g/mol. The first-order valence-electron chi connectivity index (χ1n) is 8.02. The molecule has 1 heterocycles. The highest BCUT2D eigenvalue weighted by atomic mass is 19.1. The Balaban J connectivity index is 1.99. The molecule has 1 saturated heterocycles. The lowest BCUT2D eigenvalue weighted by atomic mass is 9.97. The molecule has 0 aliphatic carbocycles. The van der Waals surface area contributed by atoms with Crippen LogP contribution in [0.1, 0.15) is 25.3 Å². The third-order valence-electron chi connectivity index (χ3n) is 4.32. The summed E-state index contributed by atoms with van der Waals surface area (Å²) in [6, 6.07) is 7.53. The van der Waals surface area contributed by atoms with Crippen LogP contribution in [0.4, 0.5) is 4.39 Å². The zero-order chi connectivity index (χ0) is 16.7. The Morgan fingerprint density at radius 3 is 2.83 bits per heavy atom. The van der Waals surface area contributed by atoms with Crippen molar-refractivity contribution in [1.82, 2.24) is 10.2 Å². The van der Waals surface area contributed by atoms with Gasteiger partial charge >= 0.3 is 0 Å². The maximum atomic E-state index is 12.4. The molecule has 0 bridgehead atoms. The first-order chi connectivity index (χ1) is 11.1. The summed E-state index contributed by atoms with van der Waals surface area (Å²) >= 11 is 0. The van der Waals surface area contributed by atoms with Gasteiger partial charge < -0.3 is 15.2 Å². The molecule has 2 rings (SSSR count). The highest BCUT2D eigenvalue weighted by Crippen LogP contribution is 2.31. The number of benzene rings is 1. The monoisotopic (exact) mass is 324 g/mol. The number of likely N-dealkylation sites (tertiary alicyclic amines) is 1. The number of rotatable bonds is 8. The number of carbonyl (C=O) groups is 1. The number of nitrogens with zero attached hydrogens (tertiary/aromatic N) is 1. The van der Waals surface area contributed by atoms with Crippen LogP contribution in [-0.2, 0) is 11.3 Å². The van der Waals surface area contributed by atoms with E-state index in [4.69, 9.17) is 9.84 Å². The summed E-state index contributed by atoms with van der Waals surface area (Å²) in [5.41, 5.74) is 0.541. The number of hydrogen-bond donors (Lipinski definition) is 2. The van der Waals surface area contributed by atoms with Gasteiger partial charge in [0.1, 0.15) is 19.0 Å². The average Bonchev–Trinajstić information content (AvgIpc) is 2.94. The molecule has 128 valence electrons. The van der Waals surface area contributed by atoms with Gasteiger partial charge in [0.25, 0.3) is 0 Å². The van der Waals surface area contributed by atoms with Gasteiger partial charge in [-0.1, -0.05) is 12.1 Å². The Morgan fingerprint density at radius 2 is 2.17 bits per heavy atom. The molecule has 1 atom stereocenters. The fourth-order valence-electron chi connectivity index (χ4n) is 2.96. The van der Waals surface area contributed by atoms with Crippen LogP contribution in [0.25, 0.3) is 0 Å². The second-order valence-electron chi connectivity index (χ2n) is 5.96. The molecule has 6 heteroatoms. The van der Waals surface area contributed by atoms with Crippen molar-refractivity contribution in [3.05, 3.63) is 29.8 Å². The Morgan fingerprint density at radius 1 is 1.43 bits per heavy atom. The van der Waals surface area contributed by atoms with Gasteiger partial charge in [-0.15, -0.1) is 0 Å². The van der Waals surface area contributed by atoms with Gasteiger partial charge in [-0.2, -0.15) is 0 Å². The molecule has 5 nitrogen and oxygen atoms in total. The Labute approximate surface area is 136 Å². The number of carbonyl (C=O) groups excluding carboxylic acids is 1. The Kier molecular flexibility index (Phi) is 6.36. The number of ether oxygens (including phenoxy) is 1. The molecular weight excluding hydrogens is 299 g/mol. The molecule has 1 aliphatic rings. The molecule has 1 aromatic rings. The standard InChI is InChI=1S/C17H25FN2O3/c1-17(16(22)19-9-11-21)7-2-10-20(17)13-14-3-5-15(6-4-14)23-12-8-18/h3-6,21H,2,7-13H2,1H3,(H,19,22)/t17-/m1/s1. The Bertz CT molecular complexity index is 509. The SMILES string of the molecule is C[C@]1(C(=O)NCCO)CCCN1Cc1ccc(OCCF)cc1. The van der Waals surface area contributed by atoms with Crippen molar-refractivity contribution >= 4 is 5.91 Å². The molecule has 1 fully saturated rings. The van der Waals surface area contributed by atoms with Crippen LogP contribution in [0.2, 0.25) is 0 Å². The highest BCUT2D eigenvalue weighted by molar-refractivity contribution is 5.86. The van der Waals surface area contributed by atoms with Gasteiger partial charge in [-0.3, -0.25) is 9.69 Å². The number of halogens is 1. The molecule has 0 radical (unpaired) electrons. The quantitative estimate of drug-likeness (QED) is 0.761. The van der Waals surface area contributed by atoms with E-state index in [1.165, 1.54) is 0 Å². The highest BCUT2D eigenvalue weighted by Gasteiger charge is 2.42. The minimum Gasteiger partial charge on any atom is -0.491 e. The number of aliphatic hydroxyl groups excluding tert-OH is 1. The lowest BCUT2D eigenvalue weighted by Crippen LogP contribution is -2.53. The zero-order valence-corrected chi connectivity index (χ0v) is 13.6. The number of amides is 1. The van der Waals surface area contributed by atoms with Crippen molar-refractivity contribution in [2.45, 2.75) is 31.8 Å². The normalized spacial score (nSPS) is 21.3. The number of hydrogen-bond acceptors (Lipinski definition) is 4. The molecule has 2 N–H and O–H groups in total. The van der Waals surface area contributed by atoms with Gasteiger partial charge in [0, 0.05) is 13.1 Å². The van der Waals surface area contributed by atoms with Crippen LogP contribution in [0.5, 0.6) is 5.75 Å². The predicted molar refractivity (Wildman–Crippen MR) is 86.1 cm³/mol. The smallest absolute Gasteiger partial charge is 0.240 e. The van der Waals surface area contributed by atoms with E-state index in [9.17, 15) is 9.18 Å². The first kappa shape index (κ1) is 17.7. The van der Waals surface area contributed by atoms with Crippen molar-refractivity contribution < 1.29 is 19.0 Å². The van der Waals surface area contributed by atoms with Gasteiger partial charge in [0.2, 0.25) is 5.91 Å². The second-order valence-corrected chi connectivity index (χ2v) is 5.96. The molecule has 1 aliphatic heterocycles. The fraction of sp³-hybridized carbons (Fsp3) is 0.588. The van der Waals surface area contributed by atoms with Crippen LogP contribution >= 0.6 is 0 Å². The number of nitrogens with one attached hydrogen (secondary N) is 1. The van der Waals surface area contributed by atoms with E-state index < -0.39 is 12.2 Å². The Hall–Kier alpha value is -1.66. The second kappa shape index (κ2) is 8.26. The van der Waals surface area contributed by atoms with Crippen LogP contribution in [-0.4, -0.2) is 54.4 Å². The van der Waals surface area contributed by atoms with E-state index in [-0.39, 0.29) is 25.7 Å². The number of alkyl halides is 1. The van der Waals surface area contributed by atoms with E-state index in [0.29, 0.717) is 12.3 Å². The minimum absolute atomic E-state index is 0.0352. The van der Waals surface area contributed by atoms with Gasteiger partial charge in [0.05, 0.1) is 12.1 Å². The van der Waals surface area contributed by atoms with Gasteiger partial charge in [0.15, 0.2) is 0 Å². The summed E-state index contributed by atoms with van der Waals surface area (Å²) in [5.74, 6) is 0.614. The molecule has 0 saturated carbocycles. The summed E-state index contributed by atoms with van der Waals surface area (Å²) < 4.78 is 17.3. The minimum atomic E-state index is -0.543. The third kappa shape index (κ3) is 4.42. The van der Waals surface area contributed by atoms with Crippen molar-refractivity contribution in [2.24, 2.45) is 0 Å². The summed E-state index contributed by atoms with van der Waals surface area (Å²) in [4.78, 5) is 14.5. The van der Waals surface area contributed by atoms with Gasteiger partial charge in [-0.05, 0) is 44.0 Å². The van der Waals surface area contributed by atoms with E-state index in [2.05, 4.69) is 10.2 Å². The van der Waals surface area contributed by atoms with Crippen molar-refractivity contribution in [2.75, 3.05) is 33.0 Å². The summed E-state index contributed by atoms with van der Waals surface area (Å²) in [7, 11) is 0. The zero-order valence-electron chi connectivity index (χ0n) is 13.6. The first-order valence-corrected chi connectivity index (χ1v) is 8.02. The maximum Gasteiger partial charge on any atom is 0.240 e. The van der Waals surface area contributed by atoms with E-state index >= 15 is 0 Å². The molecule has 0 spiro atoms. The van der Waals surface area contributed by atoms with Crippen molar-refractivity contribution in [1.29, 1.82) is 0 Å². The number of aliphatic hydroxyl groups is 1. The molecule has 23 heavy (non-hydrogen) atoms. The molecule has 1 aromatic carbocycles. The topological polar surface area (TPSA) is 61.8 Å². The van der Waals surface area contributed by atoms with E-state index in [0.717, 1.165) is 24.9 Å². The van der Waals surface area contributed by atoms with Crippen molar-refractivity contribution in [3.8, 4) is 5.75 Å². The summed E-state index contributed by atoms with van der Waals surface area (Å²) in [6.07, 6.45) is 1.78. The predicted octanol–water partition coefficient (Wildman–Crippen LogP) is 1.50. The van der Waals surface area contributed by atoms with E-state index in [1.54, 1.807) is 0 Å². The fourth-order valence-corrected chi connectivity index (χ4v) is 2.96. The summed E-state index contributed by atoms with van der Waals surface area (Å²) in [6.45, 7) is 3.28. The van der Waals surface area contributed by atoms with Crippen LogP contribution in [0.3, 0.4) is 0 Å². The van der Waals surface area contributed by atoms with Crippen LogP contribution < -0.4 is 10.1 Å². The van der Waals surface area contributed by atoms with Crippen molar-refractivity contribution in [3.63, 3.8) is 0 Å². The third-order valence-corrected chi connectivity index (χ3v) is 4.32. The molecule has 1 amide bonds. The molecule has 0 aromatic heterocycles. The largest absolute Gasteiger partial charge is 0.491 e. The molecular formula is C17H25FN2O3. The van der Waals surface area contributed by atoms with E-state index in [1.807, 2.05) is 31.2 Å². The van der Waals surface area contributed by atoms with Crippen LogP contribution in [0, 0.1) is 0 Å². The molecule has 0 unspecified atom stereocenters. The lowest BCUT2D eigenvalue weighted by molar-refractivity contribution is -0.131. The van der Waals surface area contributed by atoms with Crippen LogP contribution in [0.15, 0.2) is 24.3 Å². The van der Waals surface area contributed by atoms with Gasteiger partial charge in [-0.25, -0.2) is 4.39 Å². The lowest BCUT2D eigenvalue weighted by Gasteiger charge is -2.34. The summed E-state index contributed by atoms with van der Waals surface area (Å²) in [5, 5.41) is 11.6. The maximum absolute atomic E-state index is 12.4.